The summed E-state index contributed by atoms with van der Waals surface area (Å²) >= 11 is 0. The molecule has 0 saturated carbocycles. The Labute approximate surface area is 119 Å². The zero-order chi connectivity index (χ0) is 15.7. The van der Waals surface area contributed by atoms with Crippen molar-refractivity contribution in [2.75, 3.05) is 5.32 Å². The molecule has 0 bridgehead atoms. The number of aromatic hydroxyl groups is 1. The highest BCUT2D eigenvalue weighted by molar-refractivity contribution is 5.49. The number of aryl methyl sites for hydroxylation is 2. The van der Waals surface area contributed by atoms with E-state index in [0.717, 1.165) is 0 Å². The number of anilines is 1. The molecule has 0 spiro atoms. The van der Waals surface area contributed by atoms with Gasteiger partial charge in [0, 0.05) is 12.6 Å². The average Bonchev–Trinajstić information content (AvgIpc) is 2.42. The van der Waals surface area contributed by atoms with Gasteiger partial charge in [-0.1, -0.05) is 12.1 Å². The Morgan fingerprint density at radius 2 is 1.38 bits per heavy atom. The summed E-state index contributed by atoms with van der Waals surface area (Å²) in [4.78, 5) is 0. The van der Waals surface area contributed by atoms with Crippen molar-refractivity contribution < 1.29 is 22.7 Å². The van der Waals surface area contributed by atoms with Gasteiger partial charge in [-0.3, -0.25) is 0 Å². The third kappa shape index (κ3) is 2.94. The second-order valence-electron chi connectivity index (χ2n) is 4.77. The summed E-state index contributed by atoms with van der Waals surface area (Å²) in [5, 5.41) is 12.0. The van der Waals surface area contributed by atoms with Gasteiger partial charge >= 0.3 is 0 Å². The van der Waals surface area contributed by atoms with E-state index >= 15 is 0 Å². The fraction of sp³-hybridized carbons (Fsp3) is 0.200. The van der Waals surface area contributed by atoms with Crippen molar-refractivity contribution in [2.45, 2.75) is 20.4 Å². The number of rotatable bonds is 3. The van der Waals surface area contributed by atoms with E-state index in [2.05, 4.69) is 5.32 Å². The van der Waals surface area contributed by atoms with E-state index in [4.69, 9.17) is 0 Å². The van der Waals surface area contributed by atoms with Crippen molar-refractivity contribution in [3.05, 3.63) is 58.2 Å². The number of phenols is 1. The predicted molar refractivity (Wildman–Crippen MR) is 71.2 cm³/mol. The molecule has 0 unspecified atom stereocenters. The van der Waals surface area contributed by atoms with Crippen LogP contribution in [0.4, 0.5) is 23.2 Å². The maximum atomic E-state index is 13.5. The van der Waals surface area contributed by atoms with Gasteiger partial charge in [-0.25, -0.2) is 17.6 Å². The molecule has 2 aromatic carbocycles. The van der Waals surface area contributed by atoms with E-state index in [9.17, 15) is 22.7 Å². The molecule has 112 valence electrons. The second kappa shape index (κ2) is 5.63. The minimum atomic E-state index is -1.47. The summed E-state index contributed by atoms with van der Waals surface area (Å²) in [7, 11) is 0. The van der Waals surface area contributed by atoms with Crippen LogP contribution in [0.2, 0.25) is 0 Å². The van der Waals surface area contributed by atoms with Crippen molar-refractivity contribution in [1.82, 2.24) is 0 Å². The maximum Gasteiger partial charge on any atom is 0.185 e. The van der Waals surface area contributed by atoms with Crippen molar-refractivity contribution >= 4 is 5.69 Å². The number of nitrogens with one attached hydrogen (secondary N) is 1. The zero-order valence-electron chi connectivity index (χ0n) is 11.4. The second-order valence-corrected chi connectivity index (χ2v) is 4.77. The van der Waals surface area contributed by atoms with E-state index in [0.29, 0.717) is 16.7 Å². The van der Waals surface area contributed by atoms with E-state index in [1.807, 2.05) is 0 Å². The topological polar surface area (TPSA) is 32.3 Å². The molecule has 2 aromatic rings. The van der Waals surface area contributed by atoms with Crippen LogP contribution in [0, 0.1) is 37.1 Å². The zero-order valence-corrected chi connectivity index (χ0v) is 11.4. The Bertz CT molecular complexity index is 651. The molecule has 0 amide bonds. The van der Waals surface area contributed by atoms with Gasteiger partial charge in [-0.2, -0.15) is 0 Å². The first-order valence-corrected chi connectivity index (χ1v) is 6.17. The van der Waals surface area contributed by atoms with E-state index in [-0.39, 0.29) is 18.4 Å². The molecule has 6 heteroatoms. The minimum absolute atomic E-state index is 0.0430. The van der Waals surface area contributed by atoms with Gasteiger partial charge in [0.25, 0.3) is 0 Å². The highest BCUT2D eigenvalue weighted by Gasteiger charge is 2.18. The standard InChI is InChI=1S/C15H13F4NO/c1-7-3-9(4-8(2)15(7)21)6-20-14-12(18)10(16)5-11(17)13(14)19/h3-5,20-21H,6H2,1-2H3. The molecule has 0 aliphatic heterocycles. The number of benzene rings is 2. The maximum absolute atomic E-state index is 13.5. The Morgan fingerprint density at radius 1 is 0.905 bits per heavy atom. The van der Waals surface area contributed by atoms with Crippen molar-refractivity contribution in [2.24, 2.45) is 0 Å². The molecule has 0 heterocycles. The molecule has 0 atom stereocenters. The van der Waals surface area contributed by atoms with Gasteiger partial charge in [0.2, 0.25) is 0 Å². The first-order chi connectivity index (χ1) is 9.81. The normalized spacial score (nSPS) is 10.8. The molecule has 0 aromatic heterocycles. The highest BCUT2D eigenvalue weighted by Crippen LogP contribution is 2.26. The molecule has 0 aliphatic rings. The summed E-state index contributed by atoms with van der Waals surface area (Å²) in [6.07, 6.45) is 0. The van der Waals surface area contributed by atoms with Crippen LogP contribution in [0.5, 0.6) is 5.75 Å². The van der Waals surface area contributed by atoms with Crippen LogP contribution in [0.3, 0.4) is 0 Å². The van der Waals surface area contributed by atoms with E-state index < -0.39 is 29.0 Å². The molecular formula is C15H13F4NO. The minimum Gasteiger partial charge on any atom is -0.507 e. The molecule has 2 N–H and O–H groups in total. The lowest BCUT2D eigenvalue weighted by molar-refractivity contribution is 0.458. The SMILES string of the molecule is Cc1cc(CNc2c(F)c(F)cc(F)c2F)cc(C)c1O. The van der Waals surface area contributed by atoms with Crippen LogP contribution in [0.1, 0.15) is 16.7 Å². The Morgan fingerprint density at radius 3 is 1.86 bits per heavy atom. The molecule has 0 saturated heterocycles. The first-order valence-electron chi connectivity index (χ1n) is 6.17. The van der Waals surface area contributed by atoms with Gasteiger partial charge in [0.1, 0.15) is 11.4 Å². The van der Waals surface area contributed by atoms with Gasteiger partial charge in [-0.05, 0) is 30.5 Å². The fourth-order valence-corrected chi connectivity index (χ4v) is 2.07. The lowest BCUT2D eigenvalue weighted by Gasteiger charge is -2.12. The number of hydrogen-bond donors (Lipinski definition) is 2. The van der Waals surface area contributed by atoms with E-state index in [1.54, 1.807) is 26.0 Å². The van der Waals surface area contributed by atoms with Crippen molar-refractivity contribution in [1.29, 1.82) is 0 Å². The van der Waals surface area contributed by atoms with Gasteiger partial charge in [0.15, 0.2) is 23.3 Å². The number of hydrogen-bond acceptors (Lipinski definition) is 2. The van der Waals surface area contributed by atoms with Gasteiger partial charge in [-0.15, -0.1) is 0 Å². The summed E-state index contributed by atoms with van der Waals surface area (Å²) in [6, 6.07) is 3.38. The molecular weight excluding hydrogens is 286 g/mol. The summed E-state index contributed by atoms with van der Waals surface area (Å²) < 4.78 is 53.1. The molecule has 2 nitrogen and oxygen atoms in total. The van der Waals surface area contributed by atoms with Crippen molar-refractivity contribution in [3.63, 3.8) is 0 Å². The fourth-order valence-electron chi connectivity index (χ4n) is 2.07. The molecule has 0 aliphatic carbocycles. The third-order valence-corrected chi connectivity index (χ3v) is 3.13. The smallest absolute Gasteiger partial charge is 0.185 e. The van der Waals surface area contributed by atoms with Crippen LogP contribution >= 0.6 is 0 Å². The summed E-state index contributed by atoms with van der Waals surface area (Å²) in [5.41, 5.74) is 0.957. The van der Waals surface area contributed by atoms with Crippen LogP contribution in [-0.2, 0) is 6.54 Å². The Kier molecular flexibility index (Phi) is 4.06. The molecule has 0 fully saturated rings. The van der Waals surface area contributed by atoms with Crippen LogP contribution < -0.4 is 5.32 Å². The monoisotopic (exact) mass is 299 g/mol. The van der Waals surface area contributed by atoms with Crippen molar-refractivity contribution in [3.8, 4) is 5.75 Å². The Hall–Kier alpha value is -2.24. The van der Waals surface area contributed by atoms with Crippen LogP contribution in [0.15, 0.2) is 18.2 Å². The first kappa shape index (κ1) is 15.2. The molecule has 2 rings (SSSR count). The molecule has 21 heavy (non-hydrogen) atoms. The van der Waals surface area contributed by atoms with E-state index in [1.165, 1.54) is 0 Å². The van der Waals surface area contributed by atoms with Gasteiger partial charge < -0.3 is 10.4 Å². The third-order valence-electron chi connectivity index (χ3n) is 3.13. The van der Waals surface area contributed by atoms with Crippen LogP contribution in [-0.4, -0.2) is 5.11 Å². The largest absolute Gasteiger partial charge is 0.507 e. The molecule has 0 radical (unpaired) electrons. The van der Waals surface area contributed by atoms with Crippen LogP contribution in [0.25, 0.3) is 0 Å². The van der Waals surface area contributed by atoms with Gasteiger partial charge in [0.05, 0.1) is 0 Å². The predicted octanol–water partition coefficient (Wildman–Crippen LogP) is 4.18. The summed E-state index contributed by atoms with van der Waals surface area (Å²) in [5.74, 6) is -5.74. The number of phenolic OH excluding ortho intramolecular Hbond substituents is 1. The lowest BCUT2D eigenvalue weighted by atomic mass is 10.1. The quantitative estimate of drug-likeness (QED) is 0.658. The average molecular weight is 299 g/mol. The highest BCUT2D eigenvalue weighted by atomic mass is 19.2. The number of halogens is 4. The summed E-state index contributed by atoms with van der Waals surface area (Å²) in [6.45, 7) is 3.31. The Balaban J connectivity index is 2.29. The lowest BCUT2D eigenvalue weighted by Crippen LogP contribution is -2.07.